The van der Waals surface area contributed by atoms with E-state index in [1.165, 1.54) is 15.8 Å². The summed E-state index contributed by atoms with van der Waals surface area (Å²) in [5, 5.41) is 13.2. The van der Waals surface area contributed by atoms with Gasteiger partial charge in [0.15, 0.2) is 5.82 Å². The van der Waals surface area contributed by atoms with Crippen molar-refractivity contribution >= 4 is 16.9 Å². The molecule has 0 aliphatic rings. The smallest absolute Gasteiger partial charge is 0.327 e. The van der Waals surface area contributed by atoms with Crippen molar-refractivity contribution in [3.8, 4) is 0 Å². The molecular weight excluding hydrogens is 468 g/mol. The fourth-order valence-corrected chi connectivity index (χ4v) is 4.76. The summed E-state index contributed by atoms with van der Waals surface area (Å²) in [6.07, 6.45) is 1.49. The first kappa shape index (κ1) is 26.2. The van der Waals surface area contributed by atoms with Gasteiger partial charge in [0, 0.05) is 18.7 Å². The SMILES string of the molecule is CCOC(=O)Cn1nnnc1C(CC)N(CCc1ccccc1C)Cc1cc2cccc(C)c2[nH]c1=O. The Hall–Kier alpha value is -3.85. The van der Waals surface area contributed by atoms with Crippen LogP contribution >= 0.6 is 0 Å². The van der Waals surface area contributed by atoms with Crippen LogP contribution < -0.4 is 5.56 Å². The highest BCUT2D eigenvalue weighted by molar-refractivity contribution is 5.81. The lowest BCUT2D eigenvalue weighted by Crippen LogP contribution is -2.34. The van der Waals surface area contributed by atoms with Gasteiger partial charge in [0.2, 0.25) is 0 Å². The van der Waals surface area contributed by atoms with E-state index in [2.05, 4.69) is 51.4 Å². The zero-order chi connectivity index (χ0) is 26.4. The van der Waals surface area contributed by atoms with Crippen LogP contribution in [0.4, 0.5) is 0 Å². The number of carbonyl (C=O) groups is 1. The van der Waals surface area contributed by atoms with Crippen LogP contribution in [0.1, 0.15) is 54.4 Å². The molecule has 0 aliphatic carbocycles. The van der Waals surface area contributed by atoms with Gasteiger partial charge >= 0.3 is 5.97 Å². The van der Waals surface area contributed by atoms with Crippen LogP contribution in [0.15, 0.2) is 53.3 Å². The Bertz CT molecular complexity index is 1430. The van der Waals surface area contributed by atoms with Crippen molar-refractivity contribution in [1.82, 2.24) is 30.1 Å². The van der Waals surface area contributed by atoms with E-state index in [-0.39, 0.29) is 18.1 Å². The van der Waals surface area contributed by atoms with Gasteiger partial charge in [-0.25, -0.2) is 4.68 Å². The average molecular weight is 503 g/mol. The largest absolute Gasteiger partial charge is 0.465 e. The van der Waals surface area contributed by atoms with Gasteiger partial charge in [-0.2, -0.15) is 0 Å². The van der Waals surface area contributed by atoms with Crippen molar-refractivity contribution in [3.05, 3.63) is 87.0 Å². The van der Waals surface area contributed by atoms with Crippen molar-refractivity contribution in [3.63, 3.8) is 0 Å². The number of carbonyl (C=O) groups excluding carboxylic acids is 1. The molecule has 0 saturated heterocycles. The summed E-state index contributed by atoms with van der Waals surface area (Å²) in [5.74, 6) is 0.187. The number of rotatable bonds is 11. The van der Waals surface area contributed by atoms with Crippen LogP contribution in [0.3, 0.4) is 0 Å². The number of aromatic amines is 1. The third-order valence-electron chi connectivity index (χ3n) is 6.74. The molecule has 0 amide bonds. The minimum absolute atomic E-state index is 0.0614. The van der Waals surface area contributed by atoms with Crippen LogP contribution in [-0.2, 0) is 29.0 Å². The fourth-order valence-electron chi connectivity index (χ4n) is 4.76. The number of aryl methyl sites for hydroxylation is 2. The molecule has 0 radical (unpaired) electrons. The molecular formula is C28H34N6O3. The van der Waals surface area contributed by atoms with Gasteiger partial charge in [0.25, 0.3) is 5.56 Å². The number of esters is 1. The summed E-state index contributed by atoms with van der Waals surface area (Å²) in [4.78, 5) is 30.6. The van der Waals surface area contributed by atoms with Crippen molar-refractivity contribution in [2.24, 2.45) is 0 Å². The number of nitrogens with zero attached hydrogens (tertiary/aromatic N) is 5. The van der Waals surface area contributed by atoms with E-state index in [1.54, 1.807) is 6.92 Å². The second kappa shape index (κ2) is 11.9. The van der Waals surface area contributed by atoms with Gasteiger partial charge in [0.1, 0.15) is 6.54 Å². The van der Waals surface area contributed by atoms with E-state index < -0.39 is 5.97 Å². The summed E-state index contributed by atoms with van der Waals surface area (Å²) < 4.78 is 6.61. The highest BCUT2D eigenvalue weighted by atomic mass is 16.5. The summed E-state index contributed by atoms with van der Waals surface area (Å²) >= 11 is 0. The molecule has 4 aromatic rings. The van der Waals surface area contributed by atoms with E-state index in [1.807, 2.05) is 43.3 Å². The van der Waals surface area contributed by atoms with Crippen molar-refractivity contribution in [2.75, 3.05) is 13.2 Å². The van der Waals surface area contributed by atoms with Gasteiger partial charge in [-0.05, 0) is 72.2 Å². The quantitative estimate of drug-likeness (QED) is 0.310. The Morgan fingerprint density at radius 1 is 1.08 bits per heavy atom. The molecule has 1 unspecified atom stereocenters. The van der Waals surface area contributed by atoms with Gasteiger partial charge < -0.3 is 9.72 Å². The Morgan fingerprint density at radius 3 is 2.62 bits per heavy atom. The third-order valence-corrected chi connectivity index (χ3v) is 6.74. The lowest BCUT2D eigenvalue weighted by Gasteiger charge is -2.30. The monoisotopic (exact) mass is 502 g/mol. The second-order valence-corrected chi connectivity index (χ2v) is 9.23. The Kier molecular flexibility index (Phi) is 8.45. The van der Waals surface area contributed by atoms with Gasteiger partial charge in [-0.1, -0.05) is 49.4 Å². The number of aromatic nitrogens is 5. The van der Waals surface area contributed by atoms with Gasteiger partial charge in [0.05, 0.1) is 18.2 Å². The maximum atomic E-state index is 13.1. The number of nitrogens with one attached hydrogen (secondary N) is 1. The number of H-pyrrole nitrogens is 1. The molecule has 1 N–H and O–H groups in total. The number of fused-ring (bicyclic) bond motifs is 1. The molecule has 1 atom stereocenters. The van der Waals surface area contributed by atoms with Crippen LogP contribution in [0.2, 0.25) is 0 Å². The highest BCUT2D eigenvalue weighted by Crippen LogP contribution is 2.25. The van der Waals surface area contributed by atoms with E-state index >= 15 is 0 Å². The topological polar surface area (TPSA) is 106 Å². The predicted molar refractivity (Wildman–Crippen MR) is 142 cm³/mol. The normalized spacial score (nSPS) is 12.2. The Balaban J connectivity index is 1.69. The second-order valence-electron chi connectivity index (χ2n) is 9.23. The first-order valence-corrected chi connectivity index (χ1v) is 12.7. The standard InChI is InChI=1S/C28H34N6O3/c1-5-24(27-30-31-32-34(27)18-25(35)37-6-2)33(15-14-21-12-8-7-10-19(21)3)17-23-16-22-13-9-11-20(4)26(22)29-28(23)36/h7-13,16,24H,5-6,14-15,17-18H2,1-4H3,(H,29,36). The highest BCUT2D eigenvalue weighted by Gasteiger charge is 2.27. The number of benzene rings is 2. The summed E-state index contributed by atoms with van der Waals surface area (Å²) in [6.45, 7) is 9.24. The lowest BCUT2D eigenvalue weighted by molar-refractivity contribution is -0.144. The van der Waals surface area contributed by atoms with E-state index in [9.17, 15) is 9.59 Å². The van der Waals surface area contributed by atoms with Gasteiger partial charge in [-0.15, -0.1) is 5.10 Å². The predicted octanol–water partition coefficient (Wildman–Crippen LogP) is 3.89. The number of hydrogen-bond acceptors (Lipinski definition) is 7. The maximum Gasteiger partial charge on any atom is 0.327 e. The first-order valence-electron chi connectivity index (χ1n) is 12.7. The van der Waals surface area contributed by atoms with E-state index in [4.69, 9.17) is 4.74 Å². The number of tetrazole rings is 1. The van der Waals surface area contributed by atoms with Crippen LogP contribution in [0, 0.1) is 13.8 Å². The lowest BCUT2D eigenvalue weighted by atomic mass is 10.0. The Morgan fingerprint density at radius 2 is 1.86 bits per heavy atom. The molecule has 9 nitrogen and oxygen atoms in total. The van der Waals surface area contributed by atoms with E-state index in [0.29, 0.717) is 37.5 Å². The molecule has 2 aromatic heterocycles. The zero-order valence-electron chi connectivity index (χ0n) is 21.9. The minimum atomic E-state index is -0.390. The minimum Gasteiger partial charge on any atom is -0.465 e. The van der Waals surface area contributed by atoms with Crippen LogP contribution in [0.25, 0.3) is 10.9 Å². The van der Waals surface area contributed by atoms with Crippen LogP contribution in [-0.4, -0.2) is 49.2 Å². The van der Waals surface area contributed by atoms with Crippen molar-refractivity contribution in [1.29, 1.82) is 0 Å². The van der Waals surface area contributed by atoms with E-state index in [0.717, 1.165) is 22.9 Å². The number of para-hydroxylation sites is 1. The molecule has 0 bridgehead atoms. The average Bonchev–Trinajstić information content (AvgIpc) is 3.32. The zero-order valence-corrected chi connectivity index (χ0v) is 21.9. The maximum absolute atomic E-state index is 13.1. The molecule has 2 heterocycles. The molecule has 4 rings (SSSR count). The molecule has 2 aromatic carbocycles. The molecule has 0 fully saturated rings. The molecule has 0 spiro atoms. The summed E-state index contributed by atoms with van der Waals surface area (Å²) in [6, 6.07) is 16.1. The molecule has 0 aliphatic heterocycles. The number of pyridine rings is 1. The molecule has 37 heavy (non-hydrogen) atoms. The summed E-state index contributed by atoms with van der Waals surface area (Å²) in [7, 11) is 0. The summed E-state index contributed by atoms with van der Waals surface area (Å²) in [5.41, 5.74) is 4.92. The third kappa shape index (κ3) is 6.11. The van der Waals surface area contributed by atoms with Crippen molar-refractivity contribution in [2.45, 2.75) is 59.7 Å². The molecule has 194 valence electrons. The number of hydrogen-bond donors (Lipinski definition) is 1. The first-order chi connectivity index (χ1) is 17.9. The fraction of sp³-hybridized carbons (Fsp3) is 0.393. The molecule has 9 heteroatoms. The van der Waals surface area contributed by atoms with Crippen LogP contribution in [0.5, 0.6) is 0 Å². The molecule has 0 saturated carbocycles. The van der Waals surface area contributed by atoms with Crippen molar-refractivity contribution < 1.29 is 9.53 Å². The Labute approximate surface area is 216 Å². The van der Waals surface area contributed by atoms with Gasteiger partial charge in [-0.3, -0.25) is 14.5 Å². The number of ether oxygens (including phenoxy) is 1.